The van der Waals surface area contributed by atoms with Gasteiger partial charge in [0.05, 0.1) is 29.1 Å². The topological polar surface area (TPSA) is 115 Å². The van der Waals surface area contributed by atoms with Gasteiger partial charge in [-0.1, -0.05) is 42.0 Å². The third kappa shape index (κ3) is 4.71. The molecular weight excluding hydrogens is 505 g/mol. The van der Waals surface area contributed by atoms with E-state index in [2.05, 4.69) is 35.9 Å². The second kappa shape index (κ2) is 9.62. The molecule has 1 aliphatic heterocycles. The minimum Gasteiger partial charge on any atom is -0.238 e. The molecule has 3 aromatic carbocycles. The predicted molar refractivity (Wildman–Crippen MR) is 132 cm³/mol. The molecule has 0 unspecified atom stereocenters. The summed E-state index contributed by atoms with van der Waals surface area (Å²) in [6.45, 7) is 9.07. The summed E-state index contributed by atoms with van der Waals surface area (Å²) in [5.41, 5.74) is 1.18. The number of aromatic nitrogens is 3. The van der Waals surface area contributed by atoms with Gasteiger partial charge in [0.1, 0.15) is 11.4 Å². The van der Waals surface area contributed by atoms with Crippen LogP contribution >= 0.6 is 0 Å². The average Bonchev–Trinajstić information content (AvgIpc) is 3.37. The van der Waals surface area contributed by atoms with E-state index in [4.69, 9.17) is 6.57 Å². The highest BCUT2D eigenvalue weighted by Crippen LogP contribution is 2.31. The van der Waals surface area contributed by atoms with Gasteiger partial charge in [-0.2, -0.15) is 18.4 Å². The summed E-state index contributed by atoms with van der Waals surface area (Å²) < 4.78 is 39.3. The molecule has 5 rings (SSSR count). The smallest absolute Gasteiger partial charge is 0.238 e. The van der Waals surface area contributed by atoms with Crippen LogP contribution in [0.4, 0.5) is 13.2 Å². The number of benzene rings is 3. The quantitative estimate of drug-likeness (QED) is 0.282. The summed E-state index contributed by atoms with van der Waals surface area (Å²) in [5, 5.41) is 19.7. The minimum atomic E-state index is -4.50. The molecule has 0 fully saturated rings. The molecule has 8 nitrogen and oxygen atoms in total. The molecule has 1 aromatic heterocycles. The van der Waals surface area contributed by atoms with E-state index in [1.165, 1.54) is 12.1 Å². The fourth-order valence-corrected chi connectivity index (χ4v) is 3.82. The lowest BCUT2D eigenvalue weighted by molar-refractivity contribution is -0.137. The summed E-state index contributed by atoms with van der Waals surface area (Å²) in [4.78, 5) is 25.1. The number of fused-ring (bicyclic) bond motifs is 1. The summed E-state index contributed by atoms with van der Waals surface area (Å²) in [7, 11) is 0. The zero-order chi connectivity index (χ0) is 27.7. The molecule has 0 N–H and O–H groups in total. The van der Waals surface area contributed by atoms with Crippen molar-refractivity contribution in [1.82, 2.24) is 15.0 Å². The third-order valence-electron chi connectivity index (χ3n) is 5.80. The molecule has 39 heavy (non-hydrogen) atoms. The number of rotatable bonds is 3. The van der Waals surface area contributed by atoms with Gasteiger partial charge < -0.3 is 0 Å². The van der Waals surface area contributed by atoms with Crippen LogP contribution in [0.2, 0.25) is 0 Å². The molecule has 0 aliphatic carbocycles. The van der Waals surface area contributed by atoms with Crippen molar-refractivity contribution in [3.05, 3.63) is 111 Å². The molecule has 11 heteroatoms. The first-order chi connectivity index (χ1) is 18.7. The van der Waals surface area contributed by atoms with Gasteiger partial charge in [-0.15, -0.1) is 0 Å². The molecule has 0 radical (unpaired) electrons. The number of hydrogen-bond acceptors (Lipinski definition) is 7. The number of nitrogens with zero attached hydrogens (tertiary/aromatic N) is 8. The Morgan fingerprint density at radius 1 is 0.821 bits per heavy atom. The molecule has 0 spiro atoms. The van der Waals surface area contributed by atoms with Crippen molar-refractivity contribution < 1.29 is 13.2 Å². The maximum Gasteiger partial charge on any atom is 0.416 e. The van der Waals surface area contributed by atoms with Crippen LogP contribution in [-0.2, 0) is 6.18 Å². The second-order valence-electron chi connectivity index (χ2n) is 8.33. The van der Waals surface area contributed by atoms with E-state index >= 15 is 0 Å². The Bertz CT molecular complexity index is 1900. The number of allylic oxidation sites excluding steroid dienone is 1. The van der Waals surface area contributed by atoms with E-state index in [0.717, 1.165) is 17.7 Å². The van der Waals surface area contributed by atoms with Crippen molar-refractivity contribution in [2.45, 2.75) is 13.1 Å². The van der Waals surface area contributed by atoms with Crippen LogP contribution in [0, 0.1) is 36.2 Å². The number of aryl methyl sites for hydroxylation is 1. The van der Waals surface area contributed by atoms with Crippen LogP contribution in [0.25, 0.3) is 39.0 Å². The van der Waals surface area contributed by atoms with Crippen LogP contribution in [-0.4, -0.2) is 15.0 Å². The molecular formula is C28H13F3N8. The second-order valence-corrected chi connectivity index (χ2v) is 8.33. The van der Waals surface area contributed by atoms with Crippen LogP contribution in [0.15, 0.2) is 82.2 Å². The van der Waals surface area contributed by atoms with Gasteiger partial charge in [-0.05, 0) is 31.2 Å². The summed E-state index contributed by atoms with van der Waals surface area (Å²) >= 11 is 0. The van der Waals surface area contributed by atoms with E-state index in [1.807, 2.05) is 19.1 Å². The van der Waals surface area contributed by atoms with Crippen molar-refractivity contribution in [2.75, 3.05) is 0 Å². The molecule has 0 saturated heterocycles. The zero-order valence-electron chi connectivity index (χ0n) is 20.0. The van der Waals surface area contributed by atoms with Crippen molar-refractivity contribution in [3.63, 3.8) is 0 Å². The Kier molecular flexibility index (Phi) is 6.15. The van der Waals surface area contributed by atoms with Gasteiger partial charge in [0.15, 0.2) is 23.3 Å². The van der Waals surface area contributed by atoms with Crippen LogP contribution < -0.4 is 10.7 Å². The molecule has 1 aliphatic rings. The maximum atomic E-state index is 13.1. The highest BCUT2D eigenvalue weighted by atomic mass is 19.4. The first-order valence-corrected chi connectivity index (χ1v) is 11.3. The molecule has 4 aromatic rings. The van der Waals surface area contributed by atoms with E-state index in [0.29, 0.717) is 16.5 Å². The molecule has 0 amide bonds. The monoisotopic (exact) mass is 518 g/mol. The van der Waals surface area contributed by atoms with Crippen molar-refractivity contribution in [1.29, 1.82) is 10.5 Å². The van der Waals surface area contributed by atoms with Gasteiger partial charge in [0, 0.05) is 16.7 Å². The summed E-state index contributed by atoms with van der Waals surface area (Å²) in [6, 6.07) is 18.7. The molecule has 0 bridgehead atoms. The molecule has 186 valence electrons. The molecule has 0 saturated carbocycles. The van der Waals surface area contributed by atoms with Gasteiger partial charge >= 0.3 is 11.9 Å². The van der Waals surface area contributed by atoms with E-state index in [1.54, 1.807) is 30.3 Å². The van der Waals surface area contributed by atoms with Crippen LogP contribution in [0.1, 0.15) is 16.7 Å². The molecule has 2 heterocycles. The summed E-state index contributed by atoms with van der Waals surface area (Å²) in [5.74, 6) is 0.350. The zero-order valence-corrected chi connectivity index (χ0v) is 20.0. The number of alkyl halides is 3. The third-order valence-corrected chi connectivity index (χ3v) is 5.80. The lowest BCUT2D eigenvalue weighted by Crippen LogP contribution is -2.25. The fourth-order valence-electron chi connectivity index (χ4n) is 3.82. The van der Waals surface area contributed by atoms with Crippen LogP contribution in [0.5, 0.6) is 0 Å². The number of nitriles is 2. The number of hydrogen-bond donors (Lipinski definition) is 0. The van der Waals surface area contributed by atoms with Gasteiger partial charge in [-0.25, -0.2) is 35.0 Å². The Labute approximate surface area is 219 Å². The molecule has 0 atom stereocenters. The minimum absolute atomic E-state index is 0.0629. The van der Waals surface area contributed by atoms with E-state index in [-0.39, 0.29) is 45.5 Å². The lowest BCUT2D eigenvalue weighted by Gasteiger charge is -2.10. The first-order valence-electron chi connectivity index (χ1n) is 11.3. The maximum absolute atomic E-state index is 13.1. The van der Waals surface area contributed by atoms with Crippen molar-refractivity contribution in [2.24, 2.45) is 9.98 Å². The first kappa shape index (κ1) is 24.9. The normalized spacial score (nSPS) is 13.3. The Morgan fingerprint density at radius 2 is 1.41 bits per heavy atom. The van der Waals surface area contributed by atoms with E-state index in [9.17, 15) is 23.7 Å². The fraction of sp³-hybridized carbons (Fsp3) is 0.0714. The average molecular weight is 518 g/mol. The number of halogens is 3. The van der Waals surface area contributed by atoms with Gasteiger partial charge in [-0.3, -0.25) is 0 Å². The van der Waals surface area contributed by atoms with Gasteiger partial charge in [0.25, 0.3) is 0 Å². The summed E-state index contributed by atoms with van der Waals surface area (Å²) in [6.07, 6.45) is -4.50. The standard InChI is InChI=1S/C28H13F3N8/c1-15-3-5-16(6-4-15)24-37-25(17-7-9-18(10-8-17)28(29,30)31)39-26(38-24)19-11-12-21-23(20(19)13-32)36-27(35-21)22(14-33)34-2/h3-12H,1H3/b27-22+. The predicted octanol–water partition coefficient (Wildman–Crippen LogP) is 4.94. The van der Waals surface area contributed by atoms with Crippen molar-refractivity contribution in [3.8, 4) is 46.3 Å². The SMILES string of the molecule is [C-]#[N+]/C(C#N)=C1\N=c2ccc(-c3nc(-c4ccc(C)cc4)nc(-c4ccc(C(F)(F)F)cc4)n3)c(C#N)c2=N1. The Balaban J connectivity index is 1.74. The Morgan fingerprint density at radius 3 is 1.95 bits per heavy atom. The Hall–Kier alpha value is -5.73. The highest BCUT2D eigenvalue weighted by molar-refractivity contribution is 5.70. The van der Waals surface area contributed by atoms with Crippen LogP contribution in [0.3, 0.4) is 0 Å². The van der Waals surface area contributed by atoms with E-state index < -0.39 is 11.7 Å². The van der Waals surface area contributed by atoms with Gasteiger partial charge in [0.2, 0.25) is 0 Å². The highest BCUT2D eigenvalue weighted by Gasteiger charge is 2.30. The lowest BCUT2D eigenvalue weighted by atomic mass is 10.1. The van der Waals surface area contributed by atoms with Crippen molar-refractivity contribution >= 4 is 0 Å². The largest absolute Gasteiger partial charge is 0.416 e.